The molecule has 0 aromatic heterocycles. The zero-order valence-corrected chi connectivity index (χ0v) is 21.4. The van der Waals surface area contributed by atoms with Crippen LogP contribution in [0, 0.1) is 34.0 Å². The Morgan fingerprint density at radius 3 is 2.40 bits per heavy atom. The van der Waals surface area contributed by atoms with Gasteiger partial charge in [-0.25, -0.2) is 4.79 Å². The molecule has 1 aromatic carbocycles. The van der Waals surface area contributed by atoms with Crippen molar-refractivity contribution in [2.75, 3.05) is 13.1 Å². The molecule has 2 aliphatic rings. The number of hydrogen-bond acceptors (Lipinski definition) is 6. The summed E-state index contributed by atoms with van der Waals surface area (Å²) in [5.41, 5.74) is 0.587. The van der Waals surface area contributed by atoms with Crippen molar-refractivity contribution in [3.63, 3.8) is 0 Å². The minimum absolute atomic E-state index is 0.0887. The van der Waals surface area contributed by atoms with Crippen molar-refractivity contribution >= 4 is 11.7 Å². The number of likely N-dealkylation sites (tertiary alicyclic amines) is 1. The number of carbonyl (C=O) groups is 1. The minimum atomic E-state index is -1.64. The number of piperidine rings is 1. The second-order valence-corrected chi connectivity index (χ2v) is 11.5. The van der Waals surface area contributed by atoms with E-state index in [1.807, 2.05) is 45.0 Å². The molecule has 7 nitrogen and oxygen atoms in total. The van der Waals surface area contributed by atoms with E-state index in [0.29, 0.717) is 23.1 Å². The Labute approximate surface area is 207 Å². The van der Waals surface area contributed by atoms with Crippen molar-refractivity contribution in [2.24, 2.45) is 11.3 Å². The highest BCUT2D eigenvalue weighted by Crippen LogP contribution is 2.49. The molecule has 0 saturated carbocycles. The van der Waals surface area contributed by atoms with Crippen LogP contribution in [0.15, 0.2) is 41.5 Å². The van der Waals surface area contributed by atoms with Crippen molar-refractivity contribution in [1.82, 2.24) is 4.90 Å². The maximum absolute atomic E-state index is 12.5. The maximum Gasteiger partial charge on any atom is 0.410 e. The van der Waals surface area contributed by atoms with Crippen molar-refractivity contribution in [2.45, 2.75) is 71.7 Å². The summed E-state index contributed by atoms with van der Waals surface area (Å²) in [5, 5.41) is 42.4. The number of β-amino-alcohol motifs (C(OH)–C–C–N with tert-alkyl or cyclic N) is 1. The molecule has 3 atom stereocenters. The highest BCUT2D eigenvalue weighted by Gasteiger charge is 2.49. The zero-order valence-electron chi connectivity index (χ0n) is 21.4. The monoisotopic (exact) mass is 477 g/mol. The summed E-state index contributed by atoms with van der Waals surface area (Å²) in [5.74, 6) is -0.342. The van der Waals surface area contributed by atoms with Crippen LogP contribution < -0.4 is 0 Å². The Kier molecular flexibility index (Phi) is 7.18. The van der Waals surface area contributed by atoms with E-state index in [9.17, 15) is 25.5 Å². The topological polar surface area (TPSA) is 118 Å². The van der Waals surface area contributed by atoms with Gasteiger partial charge >= 0.3 is 6.09 Å². The van der Waals surface area contributed by atoms with Crippen LogP contribution in [0.1, 0.15) is 65.5 Å². The first-order chi connectivity index (χ1) is 16.2. The van der Waals surface area contributed by atoms with Gasteiger partial charge in [0.05, 0.1) is 24.2 Å². The highest BCUT2D eigenvalue weighted by atomic mass is 16.6. The summed E-state index contributed by atoms with van der Waals surface area (Å²) in [6, 6.07) is 11.8. The molecule has 1 aromatic rings. The first kappa shape index (κ1) is 26.5. The highest BCUT2D eigenvalue weighted by molar-refractivity contribution is 5.75. The second-order valence-electron chi connectivity index (χ2n) is 11.5. The number of nitrogens with zero attached hydrogens (tertiary/aromatic N) is 3. The number of allylic oxidation sites excluding steroid dienone is 3. The Balaban J connectivity index is 1.99. The van der Waals surface area contributed by atoms with Gasteiger partial charge in [-0.1, -0.05) is 39.0 Å². The molecule has 186 valence electrons. The molecule has 1 fully saturated rings. The van der Waals surface area contributed by atoms with Gasteiger partial charge in [0.25, 0.3) is 0 Å². The zero-order chi connectivity index (χ0) is 26.2. The van der Waals surface area contributed by atoms with Gasteiger partial charge in [0.1, 0.15) is 17.3 Å². The van der Waals surface area contributed by atoms with Crippen LogP contribution >= 0.6 is 0 Å². The van der Waals surface area contributed by atoms with E-state index in [-0.39, 0.29) is 30.8 Å². The molecule has 1 unspecified atom stereocenters. The molecule has 1 aliphatic heterocycles. The van der Waals surface area contributed by atoms with Crippen LogP contribution in [0.2, 0.25) is 0 Å². The van der Waals surface area contributed by atoms with Crippen molar-refractivity contribution < 1.29 is 19.7 Å². The summed E-state index contributed by atoms with van der Waals surface area (Å²) >= 11 is 0. The molecule has 2 N–H and O–H groups in total. The molecule has 1 amide bonds. The van der Waals surface area contributed by atoms with E-state index in [1.165, 1.54) is 4.90 Å². The molecule has 1 saturated heterocycles. The average Bonchev–Trinajstić information content (AvgIpc) is 2.78. The molecule has 0 radical (unpaired) electrons. The first-order valence-corrected chi connectivity index (χ1v) is 11.9. The SMILES string of the molecule is CC(C)(C)OC(=O)N1CC[C@@](O)(C2=C(C#N)C(C(C)(C)C)C(c3cccc(C#N)c3)=CC2)[C@H](O)C1. The van der Waals surface area contributed by atoms with Gasteiger partial charge < -0.3 is 19.8 Å². The molecule has 35 heavy (non-hydrogen) atoms. The number of aliphatic hydroxyl groups is 2. The number of hydrogen-bond donors (Lipinski definition) is 2. The molecule has 0 bridgehead atoms. The van der Waals surface area contributed by atoms with Gasteiger partial charge in [0.2, 0.25) is 0 Å². The summed E-state index contributed by atoms with van der Waals surface area (Å²) in [7, 11) is 0. The number of nitriles is 2. The fraction of sp³-hybridized carbons (Fsp3) is 0.536. The summed E-state index contributed by atoms with van der Waals surface area (Å²) in [6.45, 7) is 11.5. The van der Waals surface area contributed by atoms with E-state index in [0.717, 1.165) is 11.1 Å². The molecule has 1 heterocycles. The molecule has 7 heteroatoms. The van der Waals surface area contributed by atoms with Gasteiger partial charge in [-0.05, 0) is 61.4 Å². The number of aliphatic hydroxyl groups excluding tert-OH is 1. The van der Waals surface area contributed by atoms with E-state index >= 15 is 0 Å². The van der Waals surface area contributed by atoms with E-state index < -0.39 is 23.4 Å². The summed E-state index contributed by atoms with van der Waals surface area (Å²) in [4.78, 5) is 13.9. The van der Waals surface area contributed by atoms with Crippen LogP contribution in [0.4, 0.5) is 4.79 Å². The number of ether oxygens (including phenoxy) is 1. The van der Waals surface area contributed by atoms with Crippen LogP contribution in [0.3, 0.4) is 0 Å². The second kappa shape index (κ2) is 9.49. The lowest BCUT2D eigenvalue weighted by Gasteiger charge is -2.46. The van der Waals surface area contributed by atoms with Gasteiger partial charge in [-0.2, -0.15) is 10.5 Å². The Hall–Kier alpha value is -3.13. The van der Waals surface area contributed by atoms with Gasteiger partial charge in [-0.3, -0.25) is 0 Å². The van der Waals surface area contributed by atoms with Crippen LogP contribution in [-0.2, 0) is 4.74 Å². The number of carbonyl (C=O) groups excluding carboxylic acids is 1. The lowest BCUT2D eigenvalue weighted by Crippen LogP contribution is -2.58. The largest absolute Gasteiger partial charge is 0.444 e. The van der Waals surface area contributed by atoms with E-state index in [1.54, 1.807) is 26.8 Å². The van der Waals surface area contributed by atoms with Crippen LogP contribution in [0.25, 0.3) is 5.57 Å². The molecular formula is C28H35N3O4. The number of amides is 1. The Morgan fingerprint density at radius 1 is 1.17 bits per heavy atom. The Morgan fingerprint density at radius 2 is 1.86 bits per heavy atom. The molecular weight excluding hydrogens is 442 g/mol. The smallest absolute Gasteiger partial charge is 0.410 e. The predicted octanol–water partition coefficient (Wildman–Crippen LogP) is 4.56. The first-order valence-electron chi connectivity index (χ1n) is 11.9. The van der Waals surface area contributed by atoms with Crippen LogP contribution in [0.5, 0.6) is 0 Å². The number of rotatable bonds is 2. The van der Waals surface area contributed by atoms with Gasteiger partial charge in [0, 0.05) is 24.5 Å². The lowest BCUT2D eigenvalue weighted by atomic mass is 9.63. The normalized spacial score (nSPS) is 25.4. The third-order valence-corrected chi connectivity index (χ3v) is 6.64. The third-order valence-electron chi connectivity index (χ3n) is 6.64. The Bertz CT molecular complexity index is 1140. The third kappa shape index (κ3) is 5.42. The fourth-order valence-corrected chi connectivity index (χ4v) is 5.03. The van der Waals surface area contributed by atoms with Crippen molar-refractivity contribution in [3.8, 4) is 12.1 Å². The summed E-state index contributed by atoms with van der Waals surface area (Å²) < 4.78 is 5.42. The minimum Gasteiger partial charge on any atom is -0.444 e. The van der Waals surface area contributed by atoms with Crippen molar-refractivity contribution in [1.29, 1.82) is 10.5 Å². The van der Waals surface area contributed by atoms with E-state index in [2.05, 4.69) is 12.1 Å². The molecule has 0 spiro atoms. The van der Waals surface area contributed by atoms with Gasteiger partial charge in [-0.15, -0.1) is 0 Å². The standard InChI is InChI=1S/C28H35N3O4/c1-26(2,3)24-20(19-9-7-8-18(14-19)15-29)10-11-22(21(24)16-30)28(34)12-13-31(17-23(28)32)25(33)35-27(4,5)6/h7-10,14,23-24,32,34H,11-13,17H2,1-6H3/t23-,24?,28-/m1/s1. The maximum atomic E-state index is 12.5. The molecule has 1 aliphatic carbocycles. The quantitative estimate of drug-likeness (QED) is 0.645. The van der Waals surface area contributed by atoms with Gasteiger partial charge in [0.15, 0.2) is 0 Å². The predicted molar refractivity (Wildman–Crippen MR) is 133 cm³/mol. The average molecular weight is 478 g/mol. The van der Waals surface area contributed by atoms with Crippen molar-refractivity contribution in [3.05, 3.63) is 52.6 Å². The van der Waals surface area contributed by atoms with E-state index in [4.69, 9.17) is 4.74 Å². The molecule has 3 rings (SSSR count). The van der Waals surface area contributed by atoms with Crippen LogP contribution in [-0.4, -0.2) is 51.6 Å². The number of benzene rings is 1. The summed E-state index contributed by atoms with van der Waals surface area (Å²) in [6.07, 6.45) is 0.580. The lowest BCUT2D eigenvalue weighted by molar-refractivity contribution is -0.0969. The fourth-order valence-electron chi connectivity index (χ4n) is 5.03.